The Hall–Kier alpha value is -0.440. The number of nitrogens with zero attached hydrogens (tertiary/aromatic N) is 1. The molecule has 118 valence electrons. The minimum Gasteiger partial charge on any atom is -0.301 e. The molecule has 2 rings (SSSR count). The minimum absolute atomic E-state index is 0.0122. The Morgan fingerprint density at radius 1 is 1.29 bits per heavy atom. The van der Waals surface area contributed by atoms with Gasteiger partial charge >= 0.3 is 0 Å². The molecule has 0 spiro atoms. The molecule has 1 aromatic rings. The normalized spacial score (nSPS) is 21.8. The second-order valence-electron chi connectivity index (χ2n) is 5.31. The summed E-state index contributed by atoms with van der Waals surface area (Å²) in [5.41, 5.74) is 0. The third-order valence-electron chi connectivity index (χ3n) is 3.72. The molecule has 0 aliphatic carbocycles. The van der Waals surface area contributed by atoms with E-state index in [9.17, 15) is 16.8 Å². The smallest absolute Gasteiger partial charge is 0.179 e. The highest BCUT2D eigenvalue weighted by Gasteiger charge is 2.31. The molecular weight excluding hydrogens is 378 g/mol. The average Bonchev–Trinajstić information content (AvgIpc) is 2.77. The lowest BCUT2D eigenvalue weighted by atomic mass is 10.2. The third-order valence-corrected chi connectivity index (χ3v) is 7.71. The third kappa shape index (κ3) is 4.51. The second-order valence-corrected chi connectivity index (χ2v) is 10.6. The Morgan fingerprint density at radius 3 is 2.43 bits per heavy atom. The fraction of sp³-hybridized carbons (Fsp3) is 0.538. The number of halogens is 1. The van der Waals surface area contributed by atoms with Crippen molar-refractivity contribution >= 4 is 35.6 Å². The summed E-state index contributed by atoms with van der Waals surface area (Å²) < 4.78 is 48.2. The number of hydrogen-bond acceptors (Lipinski definition) is 5. The van der Waals surface area contributed by atoms with Gasteiger partial charge in [-0.1, -0.05) is 15.9 Å². The van der Waals surface area contributed by atoms with E-state index in [1.165, 1.54) is 0 Å². The molecule has 1 aliphatic heterocycles. The Bertz CT molecular complexity index is 698. The van der Waals surface area contributed by atoms with Crippen molar-refractivity contribution in [1.82, 2.24) is 4.90 Å². The zero-order chi connectivity index (χ0) is 15.7. The predicted octanol–water partition coefficient (Wildman–Crippen LogP) is 1.34. The summed E-state index contributed by atoms with van der Waals surface area (Å²) >= 11 is 3.27. The summed E-state index contributed by atoms with van der Waals surface area (Å²) in [7, 11) is -4.51. The highest BCUT2D eigenvalue weighted by molar-refractivity contribution is 9.10. The van der Waals surface area contributed by atoms with Gasteiger partial charge in [-0.3, -0.25) is 0 Å². The Kier molecular flexibility index (Phi) is 5.12. The summed E-state index contributed by atoms with van der Waals surface area (Å²) in [6.07, 6.45) is 0.581. The van der Waals surface area contributed by atoms with Gasteiger partial charge < -0.3 is 4.90 Å². The van der Waals surface area contributed by atoms with Crippen LogP contribution >= 0.6 is 15.9 Å². The van der Waals surface area contributed by atoms with Gasteiger partial charge in [0.25, 0.3) is 0 Å². The molecule has 1 fully saturated rings. The summed E-state index contributed by atoms with van der Waals surface area (Å²) in [6, 6.07) is 6.45. The van der Waals surface area contributed by atoms with Gasteiger partial charge in [0.05, 0.1) is 22.2 Å². The van der Waals surface area contributed by atoms with Gasteiger partial charge in [0, 0.05) is 17.1 Å². The lowest BCUT2D eigenvalue weighted by molar-refractivity contribution is 0.276. The largest absolute Gasteiger partial charge is 0.301 e. The highest BCUT2D eigenvalue weighted by atomic mass is 79.9. The molecule has 0 aromatic heterocycles. The van der Waals surface area contributed by atoms with E-state index < -0.39 is 19.7 Å². The lowest BCUT2D eigenvalue weighted by Crippen LogP contribution is -2.36. The first-order valence-corrected chi connectivity index (χ1v) is 10.9. The Morgan fingerprint density at radius 2 is 1.90 bits per heavy atom. The quantitative estimate of drug-likeness (QED) is 0.751. The molecule has 1 saturated heterocycles. The molecule has 0 unspecified atom stereocenters. The first-order chi connectivity index (χ1) is 9.70. The van der Waals surface area contributed by atoms with E-state index in [-0.39, 0.29) is 28.2 Å². The summed E-state index contributed by atoms with van der Waals surface area (Å²) in [5.74, 6) is 0.310. The number of rotatable bonds is 5. The van der Waals surface area contributed by atoms with Crippen LogP contribution in [0, 0.1) is 0 Å². The molecular formula is C13H18BrNO4S2. The molecule has 1 heterocycles. The Labute approximate surface area is 134 Å². The molecule has 0 amide bonds. The number of sulfone groups is 2. The number of hydrogen-bond donors (Lipinski definition) is 0. The zero-order valence-corrected chi connectivity index (χ0v) is 14.9. The van der Waals surface area contributed by atoms with Gasteiger partial charge in [0.1, 0.15) is 0 Å². The predicted molar refractivity (Wildman–Crippen MR) is 85.9 cm³/mol. The van der Waals surface area contributed by atoms with Crippen molar-refractivity contribution in [2.75, 3.05) is 30.9 Å². The van der Waals surface area contributed by atoms with E-state index in [0.29, 0.717) is 13.0 Å². The van der Waals surface area contributed by atoms with E-state index in [0.717, 1.165) is 4.47 Å². The van der Waals surface area contributed by atoms with Gasteiger partial charge in [-0.05, 0) is 37.7 Å². The van der Waals surface area contributed by atoms with Gasteiger partial charge in [-0.2, -0.15) is 0 Å². The molecule has 1 aliphatic rings. The maximum atomic E-state index is 12.2. The average molecular weight is 396 g/mol. The van der Waals surface area contributed by atoms with Gasteiger partial charge in [-0.15, -0.1) is 0 Å². The van der Waals surface area contributed by atoms with Crippen LogP contribution < -0.4 is 0 Å². The van der Waals surface area contributed by atoms with Crippen LogP contribution in [0.25, 0.3) is 0 Å². The molecule has 1 atom stereocenters. The van der Waals surface area contributed by atoms with Crippen LogP contribution in [0.2, 0.25) is 0 Å². The SMILES string of the molecule is CN(CCS(=O)(=O)c1ccc(Br)cc1)[C@@H]1CCS(=O)(=O)C1. The molecule has 5 nitrogen and oxygen atoms in total. The van der Waals surface area contributed by atoms with Gasteiger partial charge in [-0.25, -0.2) is 16.8 Å². The first kappa shape index (κ1) is 16.9. The topological polar surface area (TPSA) is 71.5 Å². The van der Waals surface area contributed by atoms with Crippen molar-refractivity contribution in [3.05, 3.63) is 28.7 Å². The van der Waals surface area contributed by atoms with Crippen molar-refractivity contribution in [3.63, 3.8) is 0 Å². The Balaban J connectivity index is 1.97. The molecule has 0 saturated carbocycles. The van der Waals surface area contributed by atoms with E-state index in [1.807, 2.05) is 4.90 Å². The molecule has 21 heavy (non-hydrogen) atoms. The van der Waals surface area contributed by atoms with Gasteiger partial charge in [0.2, 0.25) is 0 Å². The van der Waals surface area contributed by atoms with Gasteiger partial charge in [0.15, 0.2) is 19.7 Å². The van der Waals surface area contributed by atoms with Crippen molar-refractivity contribution in [3.8, 4) is 0 Å². The van der Waals surface area contributed by atoms with Crippen molar-refractivity contribution in [2.45, 2.75) is 17.4 Å². The maximum absolute atomic E-state index is 12.2. The van der Waals surface area contributed by atoms with Crippen LogP contribution in [0.3, 0.4) is 0 Å². The molecule has 0 bridgehead atoms. The van der Waals surface area contributed by atoms with E-state index in [2.05, 4.69) is 15.9 Å². The molecule has 1 aromatic carbocycles. The molecule has 8 heteroatoms. The van der Waals surface area contributed by atoms with Crippen molar-refractivity contribution in [1.29, 1.82) is 0 Å². The monoisotopic (exact) mass is 395 g/mol. The fourth-order valence-electron chi connectivity index (χ4n) is 2.33. The fourth-order valence-corrected chi connectivity index (χ4v) is 5.71. The van der Waals surface area contributed by atoms with Crippen LogP contribution in [0.5, 0.6) is 0 Å². The second kappa shape index (κ2) is 6.36. The summed E-state index contributed by atoms with van der Waals surface area (Å²) in [6.45, 7) is 0.332. The van der Waals surface area contributed by atoms with Crippen LogP contribution in [-0.2, 0) is 19.7 Å². The van der Waals surface area contributed by atoms with Crippen molar-refractivity contribution < 1.29 is 16.8 Å². The van der Waals surface area contributed by atoms with Crippen LogP contribution in [0.4, 0.5) is 0 Å². The van der Waals surface area contributed by atoms with Crippen molar-refractivity contribution in [2.24, 2.45) is 0 Å². The van der Waals surface area contributed by atoms with Crippen LogP contribution in [0.1, 0.15) is 6.42 Å². The molecule has 0 N–H and O–H groups in total. The van der Waals surface area contributed by atoms with E-state index >= 15 is 0 Å². The zero-order valence-electron chi connectivity index (χ0n) is 11.7. The minimum atomic E-state index is -3.34. The van der Waals surface area contributed by atoms with Crippen LogP contribution in [0.15, 0.2) is 33.6 Å². The highest BCUT2D eigenvalue weighted by Crippen LogP contribution is 2.18. The molecule has 0 radical (unpaired) electrons. The first-order valence-electron chi connectivity index (χ1n) is 6.59. The lowest BCUT2D eigenvalue weighted by Gasteiger charge is -2.22. The number of benzene rings is 1. The maximum Gasteiger partial charge on any atom is 0.179 e. The standard InChI is InChI=1S/C13H18BrNO4S2/c1-15(12-6-8-20(16,17)10-12)7-9-21(18,19)13-4-2-11(14)3-5-13/h2-5,12H,6-10H2,1H3/t12-/m1/s1. The van der Waals surface area contributed by atoms with E-state index in [1.54, 1.807) is 31.3 Å². The van der Waals surface area contributed by atoms with E-state index in [4.69, 9.17) is 0 Å². The summed E-state index contributed by atoms with van der Waals surface area (Å²) in [5, 5.41) is 0. The van der Waals surface area contributed by atoms with Crippen LogP contribution in [-0.4, -0.2) is 58.6 Å². The summed E-state index contributed by atoms with van der Waals surface area (Å²) in [4.78, 5) is 2.12.